The Kier molecular flexibility index (Phi) is 5.33. The van der Waals surface area contributed by atoms with Crippen molar-refractivity contribution < 1.29 is 9.47 Å². The molecule has 0 radical (unpaired) electrons. The second-order valence-electron chi connectivity index (χ2n) is 9.42. The lowest BCUT2D eigenvalue weighted by molar-refractivity contribution is 0.415. The molecule has 182 valence electrons. The standard InChI is InChI=1S/C35H25NO2/c1-37-29-16-11-24(12-17-29)26-15-20-33-28(21-26)23-35-32-10-6-5-7-27(32)22-34(36(33)35)25-13-18-31(19-14-25)38-30-8-3-2-4-9-30/h2-23H,1H3. The molecule has 5 aromatic carbocycles. The summed E-state index contributed by atoms with van der Waals surface area (Å²) in [5, 5.41) is 3.67. The SMILES string of the molecule is COc1ccc(-c2ccc3c(c2)cc2c4ccccc4cc(-c4ccc(Oc5ccccc5)cc4)n32)cc1. The number of rotatable bonds is 5. The lowest BCUT2D eigenvalue weighted by atomic mass is 10.0. The van der Waals surface area contributed by atoms with Crippen molar-refractivity contribution in [1.29, 1.82) is 0 Å². The summed E-state index contributed by atoms with van der Waals surface area (Å²) in [6.45, 7) is 0. The topological polar surface area (TPSA) is 22.9 Å². The van der Waals surface area contributed by atoms with Gasteiger partial charge in [-0.1, -0.05) is 60.7 Å². The molecule has 0 aliphatic rings. The molecule has 38 heavy (non-hydrogen) atoms. The van der Waals surface area contributed by atoms with Gasteiger partial charge in [0.2, 0.25) is 0 Å². The number of ether oxygens (including phenoxy) is 2. The van der Waals surface area contributed by atoms with Gasteiger partial charge in [0.15, 0.2) is 0 Å². The number of hydrogen-bond donors (Lipinski definition) is 0. The monoisotopic (exact) mass is 491 g/mol. The van der Waals surface area contributed by atoms with Crippen LogP contribution in [0.3, 0.4) is 0 Å². The minimum atomic E-state index is 0.818. The van der Waals surface area contributed by atoms with E-state index < -0.39 is 0 Å². The van der Waals surface area contributed by atoms with E-state index in [1.807, 2.05) is 54.6 Å². The van der Waals surface area contributed by atoms with Gasteiger partial charge in [0.25, 0.3) is 0 Å². The summed E-state index contributed by atoms with van der Waals surface area (Å²) >= 11 is 0. The van der Waals surface area contributed by atoms with Gasteiger partial charge in [-0.3, -0.25) is 0 Å². The maximum Gasteiger partial charge on any atom is 0.127 e. The Morgan fingerprint density at radius 3 is 1.92 bits per heavy atom. The largest absolute Gasteiger partial charge is 0.497 e. The summed E-state index contributed by atoms with van der Waals surface area (Å²) in [6, 6.07) is 46.4. The minimum absolute atomic E-state index is 0.818. The lowest BCUT2D eigenvalue weighted by Gasteiger charge is -2.13. The zero-order chi connectivity index (χ0) is 25.5. The lowest BCUT2D eigenvalue weighted by Crippen LogP contribution is -1.93. The van der Waals surface area contributed by atoms with Crippen LogP contribution in [0.2, 0.25) is 0 Å². The highest BCUT2D eigenvalue weighted by molar-refractivity contribution is 6.05. The molecule has 0 fully saturated rings. The van der Waals surface area contributed by atoms with Gasteiger partial charge in [-0.15, -0.1) is 0 Å². The maximum absolute atomic E-state index is 6.04. The van der Waals surface area contributed by atoms with Crippen molar-refractivity contribution in [2.45, 2.75) is 0 Å². The van der Waals surface area contributed by atoms with Crippen LogP contribution in [-0.4, -0.2) is 11.5 Å². The third kappa shape index (κ3) is 3.86. The van der Waals surface area contributed by atoms with Crippen LogP contribution in [0.15, 0.2) is 133 Å². The predicted octanol–water partition coefficient (Wildman–Crippen LogP) is 9.38. The average Bonchev–Trinajstić information content (AvgIpc) is 3.37. The third-order valence-electron chi connectivity index (χ3n) is 7.12. The zero-order valence-electron chi connectivity index (χ0n) is 21.0. The van der Waals surface area contributed by atoms with Crippen LogP contribution in [0.1, 0.15) is 0 Å². The Hall–Kier alpha value is -5.02. The van der Waals surface area contributed by atoms with E-state index >= 15 is 0 Å². The quantitative estimate of drug-likeness (QED) is 0.239. The summed E-state index contributed by atoms with van der Waals surface area (Å²) < 4.78 is 13.8. The van der Waals surface area contributed by atoms with E-state index in [0.29, 0.717) is 0 Å². The number of fused-ring (bicyclic) bond motifs is 5. The number of methoxy groups -OCH3 is 1. The molecule has 0 amide bonds. The van der Waals surface area contributed by atoms with Gasteiger partial charge >= 0.3 is 0 Å². The average molecular weight is 492 g/mol. The van der Waals surface area contributed by atoms with E-state index in [9.17, 15) is 0 Å². The van der Waals surface area contributed by atoms with Crippen LogP contribution in [0.4, 0.5) is 0 Å². The number of benzene rings is 5. The normalized spacial score (nSPS) is 11.3. The molecule has 2 heterocycles. The van der Waals surface area contributed by atoms with E-state index in [2.05, 4.69) is 83.3 Å². The second-order valence-corrected chi connectivity index (χ2v) is 9.42. The number of pyridine rings is 1. The molecule has 2 aromatic heterocycles. The molecule has 0 atom stereocenters. The summed E-state index contributed by atoms with van der Waals surface area (Å²) in [4.78, 5) is 0. The Labute approximate surface area is 221 Å². The molecular formula is C35H25NO2. The smallest absolute Gasteiger partial charge is 0.127 e. The fourth-order valence-electron chi connectivity index (χ4n) is 5.23. The molecule has 0 aliphatic carbocycles. The van der Waals surface area contributed by atoms with Crippen LogP contribution in [-0.2, 0) is 0 Å². The highest BCUT2D eigenvalue weighted by atomic mass is 16.5. The van der Waals surface area contributed by atoms with Gasteiger partial charge in [0.1, 0.15) is 17.2 Å². The van der Waals surface area contributed by atoms with E-state index in [4.69, 9.17) is 9.47 Å². The Morgan fingerprint density at radius 2 is 1.13 bits per heavy atom. The van der Waals surface area contributed by atoms with Crippen LogP contribution in [0.25, 0.3) is 49.6 Å². The number of aromatic nitrogens is 1. The Bertz CT molecular complexity index is 1900. The van der Waals surface area contributed by atoms with Gasteiger partial charge in [-0.05, 0) is 94.9 Å². The van der Waals surface area contributed by atoms with Crippen LogP contribution in [0, 0.1) is 0 Å². The van der Waals surface area contributed by atoms with E-state index in [-0.39, 0.29) is 0 Å². The Morgan fingerprint density at radius 1 is 0.474 bits per heavy atom. The highest BCUT2D eigenvalue weighted by Crippen LogP contribution is 2.36. The molecule has 0 unspecified atom stereocenters. The number of para-hydroxylation sites is 1. The molecule has 0 spiro atoms. The summed E-state index contributed by atoms with van der Waals surface area (Å²) in [6.07, 6.45) is 0. The van der Waals surface area contributed by atoms with Crippen LogP contribution >= 0.6 is 0 Å². The zero-order valence-corrected chi connectivity index (χ0v) is 21.0. The molecule has 3 heteroatoms. The van der Waals surface area contributed by atoms with Crippen molar-refractivity contribution >= 4 is 27.2 Å². The molecule has 3 nitrogen and oxygen atoms in total. The summed E-state index contributed by atoms with van der Waals surface area (Å²) in [7, 11) is 1.69. The third-order valence-corrected chi connectivity index (χ3v) is 7.12. The van der Waals surface area contributed by atoms with Crippen molar-refractivity contribution in [3.8, 4) is 39.6 Å². The molecule has 0 aliphatic heterocycles. The van der Waals surface area contributed by atoms with Gasteiger partial charge in [-0.25, -0.2) is 0 Å². The maximum atomic E-state index is 6.04. The summed E-state index contributed by atoms with van der Waals surface area (Å²) in [5.41, 5.74) is 7.02. The Balaban J connectivity index is 1.38. The number of nitrogens with zero attached hydrogens (tertiary/aromatic N) is 1. The molecule has 7 aromatic rings. The second kappa shape index (κ2) is 9.13. The van der Waals surface area contributed by atoms with Gasteiger partial charge in [-0.2, -0.15) is 0 Å². The van der Waals surface area contributed by atoms with Crippen molar-refractivity contribution in [1.82, 2.24) is 4.40 Å². The fourth-order valence-corrected chi connectivity index (χ4v) is 5.23. The van der Waals surface area contributed by atoms with E-state index in [1.54, 1.807) is 7.11 Å². The van der Waals surface area contributed by atoms with Crippen molar-refractivity contribution in [2.24, 2.45) is 0 Å². The molecule has 0 bridgehead atoms. The van der Waals surface area contributed by atoms with Gasteiger partial charge in [0.05, 0.1) is 23.8 Å². The van der Waals surface area contributed by atoms with Crippen LogP contribution < -0.4 is 9.47 Å². The first kappa shape index (κ1) is 22.2. The van der Waals surface area contributed by atoms with Gasteiger partial charge < -0.3 is 13.9 Å². The molecule has 7 rings (SSSR count). The van der Waals surface area contributed by atoms with Crippen molar-refractivity contribution in [2.75, 3.05) is 7.11 Å². The molecule has 0 N–H and O–H groups in total. The first-order valence-corrected chi connectivity index (χ1v) is 12.7. The molecular weight excluding hydrogens is 466 g/mol. The highest BCUT2D eigenvalue weighted by Gasteiger charge is 2.14. The van der Waals surface area contributed by atoms with Gasteiger partial charge in [0, 0.05) is 10.8 Å². The first-order valence-electron chi connectivity index (χ1n) is 12.7. The van der Waals surface area contributed by atoms with Crippen LogP contribution in [0.5, 0.6) is 17.2 Å². The predicted molar refractivity (Wildman–Crippen MR) is 156 cm³/mol. The molecule has 0 saturated heterocycles. The minimum Gasteiger partial charge on any atom is -0.497 e. The summed E-state index contributed by atoms with van der Waals surface area (Å²) in [5.74, 6) is 2.51. The van der Waals surface area contributed by atoms with Crippen molar-refractivity contribution in [3.05, 3.63) is 133 Å². The molecule has 0 saturated carbocycles. The van der Waals surface area contributed by atoms with Crippen molar-refractivity contribution in [3.63, 3.8) is 0 Å². The number of hydrogen-bond acceptors (Lipinski definition) is 2. The first-order chi connectivity index (χ1) is 18.8. The fraction of sp³-hybridized carbons (Fsp3) is 0.0286. The van der Waals surface area contributed by atoms with E-state index in [1.165, 1.54) is 38.3 Å². The van der Waals surface area contributed by atoms with E-state index in [0.717, 1.165) is 28.5 Å².